The molecule has 2 N–H and O–H groups in total. The zero-order chi connectivity index (χ0) is 14.2. The molecule has 1 aliphatic heterocycles. The van der Waals surface area contributed by atoms with Crippen LogP contribution in [-0.4, -0.2) is 32.3 Å². The number of amides is 1. The van der Waals surface area contributed by atoms with Crippen LogP contribution in [0.3, 0.4) is 0 Å². The van der Waals surface area contributed by atoms with E-state index in [0.717, 1.165) is 6.42 Å². The number of hydrogen-bond donors (Lipinski definition) is 1. The molecule has 0 aromatic heterocycles. The van der Waals surface area contributed by atoms with E-state index in [1.807, 2.05) is 0 Å². The Kier molecular flexibility index (Phi) is 3.85. The van der Waals surface area contributed by atoms with Gasteiger partial charge in [0.05, 0.1) is 4.90 Å². The van der Waals surface area contributed by atoms with Gasteiger partial charge in [0.1, 0.15) is 0 Å². The lowest BCUT2D eigenvalue weighted by molar-refractivity contribution is 0.0788. The van der Waals surface area contributed by atoms with E-state index in [0.29, 0.717) is 19.0 Å². The van der Waals surface area contributed by atoms with Gasteiger partial charge in [0.2, 0.25) is 10.0 Å². The van der Waals surface area contributed by atoms with Crippen LogP contribution >= 0.6 is 11.6 Å². The molecular weight excluding hydrogens is 288 g/mol. The predicted octanol–water partition coefficient (Wildman–Crippen LogP) is 1.47. The van der Waals surface area contributed by atoms with Crippen molar-refractivity contribution in [3.8, 4) is 0 Å². The van der Waals surface area contributed by atoms with Crippen molar-refractivity contribution in [2.24, 2.45) is 11.1 Å². The largest absolute Gasteiger partial charge is 0.338 e. The maximum atomic E-state index is 12.3. The molecule has 0 bridgehead atoms. The average Bonchev–Trinajstić information content (AvgIpc) is 2.73. The van der Waals surface area contributed by atoms with Gasteiger partial charge < -0.3 is 4.90 Å². The van der Waals surface area contributed by atoms with E-state index in [-0.39, 0.29) is 21.4 Å². The van der Waals surface area contributed by atoms with E-state index in [1.165, 1.54) is 18.2 Å². The molecule has 0 spiro atoms. The second-order valence-corrected chi connectivity index (χ2v) is 6.86. The normalized spacial score (nSPS) is 19.7. The standard InChI is InChI=1S/C12H15ClN2O3S/c1-8-2-3-15(7-8)12(16)9-4-10(13)6-11(5-9)19(14,17)18/h4-6,8H,2-3,7H2,1H3,(H2,14,17,18). The number of carbonyl (C=O) groups is 1. The van der Waals surface area contributed by atoms with Gasteiger partial charge in [-0.3, -0.25) is 4.79 Å². The number of benzene rings is 1. The maximum Gasteiger partial charge on any atom is 0.253 e. The summed E-state index contributed by atoms with van der Waals surface area (Å²) in [7, 11) is -3.87. The van der Waals surface area contributed by atoms with Crippen LogP contribution in [0.2, 0.25) is 5.02 Å². The molecule has 2 rings (SSSR count). The van der Waals surface area contributed by atoms with Crippen LogP contribution in [0.15, 0.2) is 23.1 Å². The number of likely N-dealkylation sites (tertiary alicyclic amines) is 1. The highest BCUT2D eigenvalue weighted by molar-refractivity contribution is 7.89. The molecule has 0 saturated carbocycles. The predicted molar refractivity (Wildman–Crippen MR) is 72.5 cm³/mol. The van der Waals surface area contributed by atoms with E-state index in [2.05, 4.69) is 6.92 Å². The van der Waals surface area contributed by atoms with Crippen LogP contribution in [-0.2, 0) is 10.0 Å². The molecule has 1 aromatic carbocycles. The monoisotopic (exact) mass is 302 g/mol. The summed E-state index contributed by atoms with van der Waals surface area (Å²) in [5.74, 6) is 0.248. The van der Waals surface area contributed by atoms with Crippen LogP contribution in [0.4, 0.5) is 0 Å². The Morgan fingerprint density at radius 1 is 1.42 bits per heavy atom. The lowest BCUT2D eigenvalue weighted by atomic mass is 10.2. The summed E-state index contributed by atoms with van der Waals surface area (Å²) >= 11 is 5.84. The third kappa shape index (κ3) is 3.26. The smallest absolute Gasteiger partial charge is 0.253 e. The van der Waals surface area contributed by atoms with Crippen LogP contribution in [0.25, 0.3) is 0 Å². The van der Waals surface area contributed by atoms with Crippen molar-refractivity contribution in [2.75, 3.05) is 13.1 Å². The van der Waals surface area contributed by atoms with Gasteiger partial charge in [-0.2, -0.15) is 0 Å². The maximum absolute atomic E-state index is 12.3. The zero-order valence-corrected chi connectivity index (χ0v) is 12.0. The average molecular weight is 303 g/mol. The Morgan fingerprint density at radius 3 is 2.63 bits per heavy atom. The Balaban J connectivity index is 2.35. The molecule has 7 heteroatoms. The third-order valence-electron chi connectivity index (χ3n) is 3.16. The second-order valence-electron chi connectivity index (χ2n) is 4.87. The summed E-state index contributed by atoms with van der Waals surface area (Å²) < 4.78 is 22.7. The number of halogens is 1. The number of primary sulfonamides is 1. The fourth-order valence-electron chi connectivity index (χ4n) is 2.15. The highest BCUT2D eigenvalue weighted by Crippen LogP contribution is 2.22. The highest BCUT2D eigenvalue weighted by Gasteiger charge is 2.25. The Labute approximate surface area is 117 Å². The fourth-order valence-corrected chi connectivity index (χ4v) is 3.03. The minimum absolute atomic E-state index is 0.143. The van der Waals surface area contributed by atoms with E-state index < -0.39 is 10.0 Å². The van der Waals surface area contributed by atoms with Crippen molar-refractivity contribution < 1.29 is 13.2 Å². The van der Waals surface area contributed by atoms with Crippen LogP contribution in [0.5, 0.6) is 0 Å². The lowest BCUT2D eigenvalue weighted by Crippen LogP contribution is -2.28. The molecule has 1 fully saturated rings. The zero-order valence-electron chi connectivity index (χ0n) is 10.5. The van der Waals surface area contributed by atoms with Gasteiger partial charge in [0.15, 0.2) is 0 Å². The SMILES string of the molecule is CC1CCN(C(=O)c2cc(Cl)cc(S(N)(=O)=O)c2)C1. The first kappa shape index (κ1) is 14.3. The summed E-state index contributed by atoms with van der Waals surface area (Å²) in [6, 6.07) is 3.97. The first-order chi connectivity index (χ1) is 8.77. The number of sulfonamides is 1. The Bertz CT molecular complexity index is 615. The van der Waals surface area contributed by atoms with E-state index >= 15 is 0 Å². The molecule has 0 radical (unpaired) electrons. The fraction of sp³-hybridized carbons (Fsp3) is 0.417. The summed E-state index contributed by atoms with van der Waals surface area (Å²) in [5.41, 5.74) is 0.255. The van der Waals surface area contributed by atoms with Crippen molar-refractivity contribution in [1.82, 2.24) is 4.90 Å². The van der Waals surface area contributed by atoms with Crippen LogP contribution in [0.1, 0.15) is 23.7 Å². The van der Waals surface area contributed by atoms with Crippen molar-refractivity contribution in [2.45, 2.75) is 18.2 Å². The van der Waals surface area contributed by atoms with Gasteiger partial charge in [-0.15, -0.1) is 0 Å². The van der Waals surface area contributed by atoms with Gasteiger partial charge in [-0.05, 0) is 30.5 Å². The molecule has 1 aliphatic rings. The third-order valence-corrected chi connectivity index (χ3v) is 4.27. The molecule has 104 valence electrons. The topological polar surface area (TPSA) is 80.5 Å². The van der Waals surface area contributed by atoms with Gasteiger partial charge in [0, 0.05) is 23.7 Å². The molecule has 1 heterocycles. The quantitative estimate of drug-likeness (QED) is 0.898. The summed E-state index contributed by atoms with van der Waals surface area (Å²) in [6.07, 6.45) is 0.953. The van der Waals surface area contributed by atoms with Crippen molar-refractivity contribution in [3.63, 3.8) is 0 Å². The van der Waals surface area contributed by atoms with Gasteiger partial charge >= 0.3 is 0 Å². The number of nitrogens with two attached hydrogens (primary N) is 1. The molecule has 5 nitrogen and oxygen atoms in total. The molecule has 1 amide bonds. The number of rotatable bonds is 2. The van der Waals surface area contributed by atoms with Crippen LogP contribution < -0.4 is 5.14 Å². The molecule has 0 aliphatic carbocycles. The molecule has 1 unspecified atom stereocenters. The van der Waals surface area contributed by atoms with Gasteiger partial charge in [-0.25, -0.2) is 13.6 Å². The highest BCUT2D eigenvalue weighted by atomic mass is 35.5. The Hall–Kier alpha value is -1.11. The summed E-state index contributed by atoms with van der Waals surface area (Å²) in [6.45, 7) is 3.42. The lowest BCUT2D eigenvalue weighted by Gasteiger charge is -2.16. The van der Waals surface area contributed by atoms with E-state index in [1.54, 1.807) is 4.90 Å². The van der Waals surface area contributed by atoms with E-state index in [9.17, 15) is 13.2 Å². The van der Waals surface area contributed by atoms with Crippen molar-refractivity contribution >= 4 is 27.5 Å². The molecular formula is C12H15ClN2O3S. The first-order valence-corrected chi connectivity index (χ1v) is 7.82. The van der Waals surface area contributed by atoms with Crippen LogP contribution in [0, 0.1) is 5.92 Å². The molecule has 1 aromatic rings. The molecule has 1 saturated heterocycles. The Morgan fingerprint density at radius 2 is 2.11 bits per heavy atom. The van der Waals surface area contributed by atoms with Gasteiger partial charge in [-0.1, -0.05) is 18.5 Å². The number of nitrogens with zero attached hydrogens (tertiary/aromatic N) is 1. The van der Waals surface area contributed by atoms with E-state index in [4.69, 9.17) is 16.7 Å². The molecule has 19 heavy (non-hydrogen) atoms. The number of carbonyl (C=O) groups excluding carboxylic acids is 1. The van der Waals surface area contributed by atoms with Gasteiger partial charge in [0.25, 0.3) is 5.91 Å². The minimum Gasteiger partial charge on any atom is -0.338 e. The second kappa shape index (κ2) is 5.11. The minimum atomic E-state index is -3.87. The summed E-state index contributed by atoms with van der Waals surface area (Å²) in [4.78, 5) is 13.8. The first-order valence-electron chi connectivity index (χ1n) is 5.90. The van der Waals surface area contributed by atoms with Crippen molar-refractivity contribution in [1.29, 1.82) is 0 Å². The number of hydrogen-bond acceptors (Lipinski definition) is 3. The van der Waals surface area contributed by atoms with Crippen molar-refractivity contribution in [3.05, 3.63) is 28.8 Å². The summed E-state index contributed by atoms with van der Waals surface area (Å²) in [5, 5.41) is 5.24. The molecule has 1 atom stereocenters.